The number of nitrogens with zero attached hydrogens (tertiary/aromatic N) is 2. The molecule has 5 nitrogen and oxygen atoms in total. The van der Waals surface area contributed by atoms with Crippen molar-refractivity contribution in [2.45, 2.75) is 58.3 Å². The molecule has 0 aromatic carbocycles. The Bertz CT molecular complexity index is 379. The molecule has 0 amide bonds. The summed E-state index contributed by atoms with van der Waals surface area (Å²) in [5.41, 5.74) is -0.0253. The molecular formula is C15H25N3O2. The molecule has 5 heteroatoms. The normalized spacial score (nSPS) is 10.4. The fraction of sp³-hybridized carbons (Fsp3) is 0.667. The third-order valence-electron chi connectivity index (χ3n) is 3.21. The molecule has 0 aliphatic carbocycles. The number of carboxylic acid groups (broad SMARTS) is 1. The first-order valence-corrected chi connectivity index (χ1v) is 7.53. The van der Waals surface area contributed by atoms with Crippen molar-refractivity contribution in [2.75, 3.05) is 11.9 Å². The Morgan fingerprint density at radius 1 is 1.05 bits per heavy atom. The van der Waals surface area contributed by atoms with Gasteiger partial charge in [0, 0.05) is 6.54 Å². The molecule has 0 atom stereocenters. The van der Waals surface area contributed by atoms with E-state index >= 15 is 0 Å². The number of nitrogens with one attached hydrogen (secondary N) is 1. The van der Waals surface area contributed by atoms with Gasteiger partial charge in [0.15, 0.2) is 5.69 Å². The summed E-state index contributed by atoms with van der Waals surface area (Å²) in [6.07, 6.45) is 13.0. The van der Waals surface area contributed by atoms with Gasteiger partial charge >= 0.3 is 5.97 Å². The molecule has 1 aromatic rings. The molecule has 0 unspecified atom stereocenters. The molecular weight excluding hydrogens is 254 g/mol. The number of rotatable bonds is 11. The number of carbonyl (C=O) groups is 1. The van der Waals surface area contributed by atoms with E-state index in [-0.39, 0.29) is 5.69 Å². The molecule has 0 saturated heterocycles. The second kappa shape index (κ2) is 10.2. The minimum atomic E-state index is -1.05. The highest BCUT2D eigenvalue weighted by Crippen LogP contribution is 2.08. The molecule has 0 saturated carbocycles. The number of carboxylic acids is 1. The average Bonchev–Trinajstić information content (AvgIpc) is 2.46. The van der Waals surface area contributed by atoms with Crippen LogP contribution >= 0.6 is 0 Å². The van der Waals surface area contributed by atoms with Crippen LogP contribution in [0.2, 0.25) is 0 Å². The van der Waals surface area contributed by atoms with Gasteiger partial charge < -0.3 is 10.4 Å². The zero-order chi connectivity index (χ0) is 14.6. The summed E-state index contributed by atoms with van der Waals surface area (Å²) < 4.78 is 0. The Hall–Kier alpha value is -1.65. The fourth-order valence-electron chi connectivity index (χ4n) is 2.01. The largest absolute Gasteiger partial charge is 0.476 e. The maximum Gasteiger partial charge on any atom is 0.356 e. The van der Waals surface area contributed by atoms with Gasteiger partial charge in [-0.1, -0.05) is 51.9 Å². The Morgan fingerprint density at radius 3 is 2.25 bits per heavy atom. The summed E-state index contributed by atoms with van der Waals surface area (Å²) in [7, 11) is 0. The van der Waals surface area contributed by atoms with Gasteiger partial charge in [0.1, 0.15) is 5.82 Å². The summed E-state index contributed by atoms with van der Waals surface area (Å²) in [6, 6.07) is 0. The standard InChI is InChI=1S/C15H25N3O2/c1-2-3-4-5-6-7-8-9-10-16-14-12-17-13(11-18-14)15(19)20/h11-12H,2-10H2,1H3,(H,16,18)(H,19,20). The van der Waals surface area contributed by atoms with Crippen LogP contribution in [0.5, 0.6) is 0 Å². The van der Waals surface area contributed by atoms with Crippen LogP contribution in [0.25, 0.3) is 0 Å². The van der Waals surface area contributed by atoms with Gasteiger partial charge in [-0.2, -0.15) is 0 Å². The van der Waals surface area contributed by atoms with Crippen LogP contribution in [0.3, 0.4) is 0 Å². The van der Waals surface area contributed by atoms with E-state index in [1.54, 1.807) is 0 Å². The lowest BCUT2D eigenvalue weighted by Gasteiger charge is -2.05. The summed E-state index contributed by atoms with van der Waals surface area (Å²) in [4.78, 5) is 18.4. The van der Waals surface area contributed by atoms with Crippen LogP contribution in [0.15, 0.2) is 12.4 Å². The Labute approximate surface area is 120 Å². The van der Waals surface area contributed by atoms with E-state index in [0.717, 1.165) is 13.0 Å². The van der Waals surface area contributed by atoms with E-state index in [0.29, 0.717) is 5.82 Å². The van der Waals surface area contributed by atoms with Crippen molar-refractivity contribution in [1.82, 2.24) is 9.97 Å². The third kappa shape index (κ3) is 7.07. The predicted molar refractivity (Wildman–Crippen MR) is 80.1 cm³/mol. The lowest BCUT2D eigenvalue weighted by Crippen LogP contribution is -2.06. The summed E-state index contributed by atoms with van der Waals surface area (Å²) in [5.74, 6) is -0.412. The molecule has 0 fully saturated rings. The molecule has 0 aliphatic rings. The van der Waals surface area contributed by atoms with Crippen molar-refractivity contribution in [3.05, 3.63) is 18.1 Å². The third-order valence-corrected chi connectivity index (χ3v) is 3.21. The fourth-order valence-corrected chi connectivity index (χ4v) is 2.01. The predicted octanol–water partition coefficient (Wildman–Crippen LogP) is 3.73. The van der Waals surface area contributed by atoms with Crippen LogP contribution in [-0.4, -0.2) is 27.6 Å². The zero-order valence-electron chi connectivity index (χ0n) is 12.3. The van der Waals surface area contributed by atoms with Crippen LogP contribution < -0.4 is 5.32 Å². The average molecular weight is 279 g/mol. The lowest BCUT2D eigenvalue weighted by atomic mass is 10.1. The van der Waals surface area contributed by atoms with Crippen LogP contribution in [0.4, 0.5) is 5.82 Å². The highest BCUT2D eigenvalue weighted by Gasteiger charge is 2.04. The Balaban J connectivity index is 2.02. The van der Waals surface area contributed by atoms with Gasteiger partial charge in [0.25, 0.3) is 0 Å². The Kier molecular flexibility index (Phi) is 8.35. The van der Waals surface area contributed by atoms with Gasteiger partial charge in [0.05, 0.1) is 12.4 Å². The molecule has 1 rings (SSSR count). The van der Waals surface area contributed by atoms with Crippen molar-refractivity contribution in [3.8, 4) is 0 Å². The second-order valence-corrected chi connectivity index (χ2v) is 4.99. The van der Waals surface area contributed by atoms with E-state index in [9.17, 15) is 4.79 Å². The summed E-state index contributed by atoms with van der Waals surface area (Å²) in [6.45, 7) is 3.09. The van der Waals surface area contributed by atoms with Gasteiger partial charge in [-0.15, -0.1) is 0 Å². The first-order chi connectivity index (χ1) is 9.74. The van der Waals surface area contributed by atoms with Gasteiger partial charge in [-0.25, -0.2) is 14.8 Å². The van der Waals surface area contributed by atoms with Crippen molar-refractivity contribution < 1.29 is 9.90 Å². The molecule has 1 heterocycles. The quantitative estimate of drug-likeness (QED) is 0.604. The molecule has 1 aromatic heterocycles. The molecule has 0 bridgehead atoms. The molecule has 2 N–H and O–H groups in total. The zero-order valence-corrected chi connectivity index (χ0v) is 12.3. The van der Waals surface area contributed by atoms with E-state index in [2.05, 4.69) is 22.2 Å². The molecule has 0 aliphatic heterocycles. The van der Waals surface area contributed by atoms with Crippen molar-refractivity contribution in [1.29, 1.82) is 0 Å². The number of aromatic carboxylic acids is 1. The number of anilines is 1. The monoisotopic (exact) mass is 279 g/mol. The number of unbranched alkanes of at least 4 members (excludes halogenated alkanes) is 7. The van der Waals surface area contributed by atoms with E-state index in [1.165, 1.54) is 57.3 Å². The first-order valence-electron chi connectivity index (χ1n) is 7.53. The smallest absolute Gasteiger partial charge is 0.356 e. The highest BCUT2D eigenvalue weighted by atomic mass is 16.4. The van der Waals surface area contributed by atoms with E-state index < -0.39 is 5.97 Å². The van der Waals surface area contributed by atoms with E-state index in [4.69, 9.17) is 5.11 Å². The van der Waals surface area contributed by atoms with Crippen LogP contribution in [-0.2, 0) is 0 Å². The SMILES string of the molecule is CCCCCCCCCCNc1cnc(C(=O)O)cn1. The summed E-state index contributed by atoms with van der Waals surface area (Å²) in [5, 5.41) is 11.9. The molecule has 0 radical (unpaired) electrons. The number of aromatic nitrogens is 2. The van der Waals surface area contributed by atoms with Crippen LogP contribution in [0, 0.1) is 0 Å². The highest BCUT2D eigenvalue weighted by molar-refractivity contribution is 5.84. The Morgan fingerprint density at radius 2 is 1.70 bits per heavy atom. The number of hydrogen-bond acceptors (Lipinski definition) is 4. The van der Waals surface area contributed by atoms with E-state index in [1.807, 2.05) is 0 Å². The molecule has 0 spiro atoms. The molecule has 112 valence electrons. The van der Waals surface area contributed by atoms with Crippen molar-refractivity contribution >= 4 is 11.8 Å². The van der Waals surface area contributed by atoms with Crippen molar-refractivity contribution in [3.63, 3.8) is 0 Å². The van der Waals surface area contributed by atoms with Crippen molar-refractivity contribution in [2.24, 2.45) is 0 Å². The minimum Gasteiger partial charge on any atom is -0.476 e. The van der Waals surface area contributed by atoms with Gasteiger partial charge in [-0.3, -0.25) is 0 Å². The summed E-state index contributed by atoms with van der Waals surface area (Å²) >= 11 is 0. The van der Waals surface area contributed by atoms with Crippen LogP contribution in [0.1, 0.15) is 68.8 Å². The van der Waals surface area contributed by atoms with Gasteiger partial charge in [-0.05, 0) is 6.42 Å². The minimum absolute atomic E-state index is 0.0253. The topological polar surface area (TPSA) is 75.1 Å². The maximum absolute atomic E-state index is 10.6. The first kappa shape index (κ1) is 16.4. The van der Waals surface area contributed by atoms with Gasteiger partial charge in [0.2, 0.25) is 0 Å². The lowest BCUT2D eigenvalue weighted by molar-refractivity contribution is 0.0690. The molecule has 20 heavy (non-hydrogen) atoms. The maximum atomic E-state index is 10.6. The number of hydrogen-bond donors (Lipinski definition) is 2. The second-order valence-electron chi connectivity index (χ2n) is 4.99.